The Hall–Kier alpha value is -3.09. The van der Waals surface area contributed by atoms with Crippen molar-refractivity contribution < 1.29 is 5.11 Å². The van der Waals surface area contributed by atoms with Gasteiger partial charge in [-0.3, -0.25) is 0 Å². The monoisotopic (exact) mass is 322 g/mol. The van der Waals surface area contributed by atoms with Gasteiger partial charge in [0.25, 0.3) is 0 Å². The Bertz CT molecular complexity index is 931. The number of phenolic OH excluding ortho intramolecular Hbond substituents is 1. The molecule has 1 aromatic heterocycles. The van der Waals surface area contributed by atoms with E-state index >= 15 is 0 Å². The SMILES string of the molecule is CN=Nc1c(C)cc2cccc(Nc3nc(C)nc(C)n3)c2c1O. The Labute approximate surface area is 139 Å². The van der Waals surface area contributed by atoms with Crippen molar-refractivity contribution in [2.45, 2.75) is 20.8 Å². The number of hydrogen-bond acceptors (Lipinski definition) is 7. The number of nitrogens with zero attached hydrogens (tertiary/aromatic N) is 5. The summed E-state index contributed by atoms with van der Waals surface area (Å²) in [4.78, 5) is 12.7. The summed E-state index contributed by atoms with van der Waals surface area (Å²) in [6.45, 7) is 5.51. The van der Waals surface area contributed by atoms with E-state index in [-0.39, 0.29) is 5.75 Å². The molecule has 0 fully saturated rings. The first kappa shape index (κ1) is 15.8. The largest absolute Gasteiger partial charge is 0.505 e. The van der Waals surface area contributed by atoms with Gasteiger partial charge in [0.05, 0.1) is 5.69 Å². The van der Waals surface area contributed by atoms with E-state index < -0.39 is 0 Å². The minimum atomic E-state index is 0.0844. The molecule has 2 N–H and O–H groups in total. The quantitative estimate of drug-likeness (QED) is 0.707. The molecule has 0 saturated heterocycles. The first-order chi connectivity index (χ1) is 11.5. The van der Waals surface area contributed by atoms with E-state index in [4.69, 9.17) is 0 Å². The number of aromatic nitrogens is 3. The second-order valence-corrected chi connectivity index (χ2v) is 5.47. The van der Waals surface area contributed by atoms with E-state index in [0.717, 1.165) is 10.9 Å². The molecule has 7 heteroatoms. The van der Waals surface area contributed by atoms with Crippen molar-refractivity contribution in [2.75, 3.05) is 12.4 Å². The first-order valence-corrected chi connectivity index (χ1v) is 7.51. The molecule has 0 aliphatic carbocycles. The highest BCUT2D eigenvalue weighted by Crippen LogP contribution is 2.42. The van der Waals surface area contributed by atoms with Crippen LogP contribution in [0.5, 0.6) is 5.75 Å². The zero-order valence-corrected chi connectivity index (χ0v) is 14.0. The van der Waals surface area contributed by atoms with E-state index in [0.29, 0.717) is 34.4 Å². The van der Waals surface area contributed by atoms with Crippen LogP contribution in [0.2, 0.25) is 0 Å². The molecule has 0 atom stereocenters. The summed E-state index contributed by atoms with van der Waals surface area (Å²) in [6, 6.07) is 7.67. The topological polar surface area (TPSA) is 95.7 Å². The van der Waals surface area contributed by atoms with Crippen LogP contribution in [-0.2, 0) is 0 Å². The Morgan fingerprint density at radius 3 is 2.42 bits per heavy atom. The van der Waals surface area contributed by atoms with Gasteiger partial charge in [0.15, 0.2) is 5.75 Å². The summed E-state index contributed by atoms with van der Waals surface area (Å²) in [7, 11) is 1.57. The number of hydrogen-bond donors (Lipinski definition) is 2. The van der Waals surface area contributed by atoms with Gasteiger partial charge in [-0.25, -0.2) is 4.98 Å². The lowest BCUT2D eigenvalue weighted by Gasteiger charge is -2.13. The molecule has 7 nitrogen and oxygen atoms in total. The van der Waals surface area contributed by atoms with Gasteiger partial charge in [-0.15, -0.1) is 0 Å². The van der Waals surface area contributed by atoms with E-state index in [9.17, 15) is 5.11 Å². The predicted molar refractivity (Wildman–Crippen MR) is 93.4 cm³/mol. The summed E-state index contributed by atoms with van der Waals surface area (Å²) >= 11 is 0. The average Bonchev–Trinajstić information content (AvgIpc) is 2.50. The third kappa shape index (κ3) is 2.88. The molecule has 122 valence electrons. The molecule has 1 heterocycles. The minimum absolute atomic E-state index is 0.0844. The fourth-order valence-electron chi connectivity index (χ4n) is 2.68. The third-order valence-electron chi connectivity index (χ3n) is 3.61. The molecule has 0 radical (unpaired) electrons. The number of benzene rings is 2. The second-order valence-electron chi connectivity index (χ2n) is 5.47. The lowest BCUT2D eigenvalue weighted by molar-refractivity contribution is 0.482. The van der Waals surface area contributed by atoms with Crippen LogP contribution in [0.25, 0.3) is 10.8 Å². The number of aromatic hydroxyl groups is 1. The standard InChI is InChI=1S/C17H18N6O/c1-9-8-12-6-5-7-13(14(12)16(24)15(9)23-18-4)22-17-20-10(2)19-11(3)21-17/h5-8,24H,1-4H3,(H,19,20,21,22). The normalized spacial score (nSPS) is 11.3. The molecule has 0 bridgehead atoms. The van der Waals surface area contributed by atoms with Gasteiger partial charge in [-0.2, -0.15) is 20.2 Å². The fourth-order valence-corrected chi connectivity index (χ4v) is 2.68. The average molecular weight is 322 g/mol. The molecule has 2 aromatic carbocycles. The predicted octanol–water partition coefficient (Wildman–Crippen LogP) is 4.11. The van der Waals surface area contributed by atoms with Gasteiger partial charge in [0.2, 0.25) is 5.95 Å². The van der Waals surface area contributed by atoms with Crippen molar-refractivity contribution in [1.82, 2.24) is 15.0 Å². The van der Waals surface area contributed by atoms with E-state index in [1.807, 2.05) is 45.0 Å². The van der Waals surface area contributed by atoms with Gasteiger partial charge >= 0.3 is 0 Å². The molecule has 0 aliphatic rings. The first-order valence-electron chi connectivity index (χ1n) is 7.51. The van der Waals surface area contributed by atoms with Gasteiger partial charge in [-0.1, -0.05) is 12.1 Å². The van der Waals surface area contributed by atoms with Crippen LogP contribution in [0.1, 0.15) is 17.2 Å². The van der Waals surface area contributed by atoms with E-state index in [1.54, 1.807) is 7.05 Å². The maximum atomic E-state index is 10.7. The van der Waals surface area contributed by atoms with Crippen molar-refractivity contribution in [1.29, 1.82) is 0 Å². The summed E-state index contributed by atoms with van der Waals surface area (Å²) in [6.07, 6.45) is 0. The Morgan fingerprint density at radius 2 is 1.75 bits per heavy atom. The summed E-state index contributed by atoms with van der Waals surface area (Å²) < 4.78 is 0. The molecule has 3 aromatic rings. The van der Waals surface area contributed by atoms with Crippen molar-refractivity contribution in [3.05, 3.63) is 41.5 Å². The minimum Gasteiger partial charge on any atom is -0.505 e. The summed E-state index contributed by atoms with van der Waals surface area (Å²) in [5, 5.41) is 23.2. The zero-order valence-electron chi connectivity index (χ0n) is 14.0. The maximum Gasteiger partial charge on any atom is 0.230 e. The number of anilines is 2. The van der Waals surface area contributed by atoms with Crippen LogP contribution in [0.3, 0.4) is 0 Å². The van der Waals surface area contributed by atoms with Crippen LogP contribution in [0.15, 0.2) is 34.5 Å². The number of rotatable bonds is 3. The zero-order chi connectivity index (χ0) is 17.3. The Balaban J connectivity index is 2.19. The molecule has 0 amide bonds. The smallest absolute Gasteiger partial charge is 0.230 e. The molecule has 0 aliphatic heterocycles. The molecule has 0 unspecified atom stereocenters. The van der Waals surface area contributed by atoms with Crippen LogP contribution in [-0.4, -0.2) is 27.1 Å². The highest BCUT2D eigenvalue weighted by Gasteiger charge is 2.14. The van der Waals surface area contributed by atoms with E-state index in [1.165, 1.54) is 0 Å². The van der Waals surface area contributed by atoms with E-state index in [2.05, 4.69) is 30.5 Å². The van der Waals surface area contributed by atoms with Crippen LogP contribution in [0.4, 0.5) is 17.3 Å². The maximum absolute atomic E-state index is 10.7. The van der Waals surface area contributed by atoms with Gasteiger partial charge in [-0.05, 0) is 43.9 Å². The molecule has 0 saturated carbocycles. The van der Waals surface area contributed by atoms with Crippen molar-refractivity contribution in [3.63, 3.8) is 0 Å². The molecule has 3 rings (SSSR count). The van der Waals surface area contributed by atoms with Crippen LogP contribution < -0.4 is 5.32 Å². The number of aryl methyl sites for hydroxylation is 3. The number of azo groups is 1. The Kier molecular flexibility index (Phi) is 4.07. The van der Waals surface area contributed by atoms with Gasteiger partial charge in [0, 0.05) is 12.4 Å². The lowest BCUT2D eigenvalue weighted by atomic mass is 10.0. The van der Waals surface area contributed by atoms with Crippen molar-refractivity contribution in [2.24, 2.45) is 10.2 Å². The molecule has 24 heavy (non-hydrogen) atoms. The summed E-state index contributed by atoms with van der Waals surface area (Å²) in [5.74, 6) is 1.78. The summed E-state index contributed by atoms with van der Waals surface area (Å²) in [5.41, 5.74) is 2.01. The lowest BCUT2D eigenvalue weighted by Crippen LogP contribution is -2.03. The molecule has 0 spiro atoms. The van der Waals surface area contributed by atoms with Gasteiger partial charge in [0.1, 0.15) is 17.3 Å². The van der Waals surface area contributed by atoms with Crippen molar-refractivity contribution >= 4 is 28.1 Å². The third-order valence-corrected chi connectivity index (χ3v) is 3.61. The molecular formula is C17H18N6O. The Morgan fingerprint density at radius 1 is 1.04 bits per heavy atom. The highest BCUT2D eigenvalue weighted by atomic mass is 16.3. The van der Waals surface area contributed by atoms with Crippen LogP contribution in [0, 0.1) is 20.8 Å². The fraction of sp³-hybridized carbons (Fsp3) is 0.235. The number of nitrogens with one attached hydrogen (secondary N) is 1. The highest BCUT2D eigenvalue weighted by molar-refractivity contribution is 6.03. The van der Waals surface area contributed by atoms with Crippen molar-refractivity contribution in [3.8, 4) is 5.75 Å². The number of phenols is 1. The van der Waals surface area contributed by atoms with Gasteiger partial charge < -0.3 is 10.4 Å². The molecular weight excluding hydrogens is 304 g/mol. The second kappa shape index (κ2) is 6.19. The number of fused-ring (bicyclic) bond motifs is 1. The van der Waals surface area contributed by atoms with Crippen LogP contribution >= 0.6 is 0 Å².